The maximum absolute atomic E-state index is 6.32. The Hall–Kier alpha value is -1.80. The molecular weight excluding hydrogens is 306 g/mol. The lowest BCUT2D eigenvalue weighted by atomic mass is 9.75. The molecule has 25 heavy (non-hydrogen) atoms. The van der Waals surface area contributed by atoms with Gasteiger partial charge in [-0.15, -0.1) is 0 Å². The summed E-state index contributed by atoms with van der Waals surface area (Å²) in [5.74, 6) is 0.498. The Balaban J connectivity index is 1.78. The molecule has 2 aliphatic rings. The topological polar surface area (TPSA) is 21.3 Å². The van der Waals surface area contributed by atoms with Gasteiger partial charge in [0.1, 0.15) is 0 Å². The van der Waals surface area contributed by atoms with Crippen LogP contribution in [0.1, 0.15) is 68.0 Å². The predicted octanol–water partition coefficient (Wildman–Crippen LogP) is 5.93. The molecule has 0 bridgehead atoms. The van der Waals surface area contributed by atoms with Crippen molar-refractivity contribution in [3.8, 4) is 0 Å². The Bertz CT molecular complexity index is 774. The van der Waals surface area contributed by atoms with E-state index in [0.29, 0.717) is 12.0 Å². The molecule has 1 N–H and O–H groups in total. The van der Waals surface area contributed by atoms with Crippen LogP contribution in [0.5, 0.6) is 0 Å². The summed E-state index contributed by atoms with van der Waals surface area (Å²) in [5.41, 5.74) is 6.83. The number of hydrogen-bond acceptors (Lipinski definition) is 2. The van der Waals surface area contributed by atoms with Gasteiger partial charge in [0.05, 0.1) is 12.1 Å². The van der Waals surface area contributed by atoms with Crippen molar-refractivity contribution in [2.45, 2.75) is 58.1 Å². The van der Waals surface area contributed by atoms with Crippen molar-refractivity contribution in [1.82, 2.24) is 0 Å². The maximum atomic E-state index is 6.32. The predicted molar refractivity (Wildman–Crippen MR) is 104 cm³/mol. The summed E-state index contributed by atoms with van der Waals surface area (Å²) >= 11 is 0. The lowest BCUT2D eigenvalue weighted by Gasteiger charge is -2.44. The highest BCUT2D eigenvalue weighted by atomic mass is 16.5. The number of benzene rings is 2. The summed E-state index contributed by atoms with van der Waals surface area (Å²) in [5, 5.41) is 3.84. The van der Waals surface area contributed by atoms with Gasteiger partial charge in [0, 0.05) is 23.8 Å². The van der Waals surface area contributed by atoms with Crippen molar-refractivity contribution in [2.24, 2.45) is 5.92 Å². The van der Waals surface area contributed by atoms with Crippen molar-refractivity contribution in [2.75, 3.05) is 11.9 Å². The molecule has 2 aromatic carbocycles. The summed E-state index contributed by atoms with van der Waals surface area (Å²) in [6, 6.07) is 16.1. The first kappa shape index (κ1) is 16.7. The van der Waals surface area contributed by atoms with E-state index in [1.54, 1.807) is 0 Å². The zero-order valence-electron chi connectivity index (χ0n) is 15.8. The van der Waals surface area contributed by atoms with Crippen molar-refractivity contribution in [1.29, 1.82) is 0 Å². The second-order valence-corrected chi connectivity index (χ2v) is 8.69. The first-order valence-electron chi connectivity index (χ1n) is 9.52. The van der Waals surface area contributed by atoms with Crippen LogP contribution in [0.4, 0.5) is 5.69 Å². The summed E-state index contributed by atoms with van der Waals surface area (Å²) in [6.45, 7) is 9.88. The van der Waals surface area contributed by atoms with E-state index in [1.165, 1.54) is 34.4 Å². The first-order chi connectivity index (χ1) is 11.9. The quantitative estimate of drug-likeness (QED) is 0.697. The number of anilines is 1. The van der Waals surface area contributed by atoms with Crippen molar-refractivity contribution in [3.63, 3.8) is 0 Å². The van der Waals surface area contributed by atoms with Gasteiger partial charge in [-0.1, -0.05) is 62.7 Å². The van der Waals surface area contributed by atoms with Gasteiger partial charge in [-0.25, -0.2) is 0 Å². The fraction of sp³-hybridized carbons (Fsp3) is 0.478. The van der Waals surface area contributed by atoms with E-state index >= 15 is 0 Å². The number of nitrogens with one attached hydrogen (secondary N) is 1. The molecular formula is C23H29NO. The van der Waals surface area contributed by atoms with Gasteiger partial charge in [0.25, 0.3) is 0 Å². The molecule has 0 spiro atoms. The SMILES string of the molecule is Cc1cccc(C2Nc3ccc(C(C)(C)C)cc3C3OCCCC23)c1. The Morgan fingerprint density at radius 2 is 1.92 bits per heavy atom. The Labute approximate surface area is 151 Å². The van der Waals surface area contributed by atoms with Crippen LogP contribution in [-0.2, 0) is 10.2 Å². The average molecular weight is 335 g/mol. The minimum atomic E-state index is 0.159. The zero-order valence-corrected chi connectivity index (χ0v) is 15.8. The van der Waals surface area contributed by atoms with Gasteiger partial charge >= 0.3 is 0 Å². The van der Waals surface area contributed by atoms with Crippen molar-refractivity contribution in [3.05, 3.63) is 64.7 Å². The van der Waals surface area contributed by atoms with E-state index in [-0.39, 0.29) is 11.5 Å². The summed E-state index contributed by atoms with van der Waals surface area (Å²) < 4.78 is 6.32. The second kappa shape index (κ2) is 6.17. The summed E-state index contributed by atoms with van der Waals surface area (Å²) in [7, 11) is 0. The second-order valence-electron chi connectivity index (χ2n) is 8.69. The van der Waals surface area contributed by atoms with E-state index in [2.05, 4.69) is 75.5 Å². The summed E-state index contributed by atoms with van der Waals surface area (Å²) in [6.07, 6.45) is 2.58. The minimum Gasteiger partial charge on any atom is -0.378 e. The normalized spacial score (nSPS) is 25.7. The highest BCUT2D eigenvalue weighted by Gasteiger charge is 2.40. The molecule has 0 aliphatic carbocycles. The highest BCUT2D eigenvalue weighted by molar-refractivity contribution is 5.59. The van der Waals surface area contributed by atoms with Crippen LogP contribution in [-0.4, -0.2) is 6.61 Å². The van der Waals surface area contributed by atoms with Gasteiger partial charge in [-0.3, -0.25) is 0 Å². The molecule has 4 rings (SSSR count). The molecule has 2 heterocycles. The van der Waals surface area contributed by atoms with E-state index in [9.17, 15) is 0 Å². The van der Waals surface area contributed by atoms with E-state index in [1.807, 2.05) is 0 Å². The number of hydrogen-bond donors (Lipinski definition) is 1. The number of ether oxygens (including phenoxy) is 1. The van der Waals surface area contributed by atoms with Crippen LogP contribution in [0, 0.1) is 12.8 Å². The third kappa shape index (κ3) is 3.08. The van der Waals surface area contributed by atoms with E-state index in [0.717, 1.165) is 13.0 Å². The lowest BCUT2D eigenvalue weighted by molar-refractivity contribution is -0.0382. The molecule has 0 radical (unpaired) electrons. The summed E-state index contributed by atoms with van der Waals surface area (Å²) in [4.78, 5) is 0. The molecule has 2 nitrogen and oxygen atoms in total. The van der Waals surface area contributed by atoms with Gasteiger partial charge in [0.2, 0.25) is 0 Å². The number of fused-ring (bicyclic) bond motifs is 3. The van der Waals surface area contributed by atoms with Gasteiger partial charge in [0.15, 0.2) is 0 Å². The smallest absolute Gasteiger partial charge is 0.0895 e. The Morgan fingerprint density at radius 3 is 2.68 bits per heavy atom. The molecule has 2 aliphatic heterocycles. The fourth-order valence-electron chi connectivity index (χ4n) is 4.33. The third-order valence-corrected chi connectivity index (χ3v) is 5.73. The molecule has 0 saturated carbocycles. The van der Waals surface area contributed by atoms with Crippen LogP contribution in [0.25, 0.3) is 0 Å². The molecule has 2 heteroatoms. The Morgan fingerprint density at radius 1 is 1.08 bits per heavy atom. The van der Waals surface area contributed by atoms with Crippen LogP contribution in [0.15, 0.2) is 42.5 Å². The minimum absolute atomic E-state index is 0.159. The molecule has 2 aromatic rings. The third-order valence-electron chi connectivity index (χ3n) is 5.73. The Kier molecular flexibility index (Phi) is 4.11. The van der Waals surface area contributed by atoms with Gasteiger partial charge in [-0.05, 0) is 42.4 Å². The van der Waals surface area contributed by atoms with Crippen molar-refractivity contribution < 1.29 is 4.74 Å². The van der Waals surface area contributed by atoms with Gasteiger partial charge in [-0.2, -0.15) is 0 Å². The van der Waals surface area contributed by atoms with Crippen molar-refractivity contribution >= 4 is 5.69 Å². The zero-order chi connectivity index (χ0) is 17.6. The standard InChI is InChI=1S/C23H29NO/c1-15-7-5-8-16(13-15)21-18-9-6-12-25-22(18)19-14-17(23(2,3)4)10-11-20(19)24-21/h5,7-8,10-11,13-14,18,21-22,24H,6,9,12H2,1-4H3. The van der Waals surface area contributed by atoms with Crippen LogP contribution >= 0.6 is 0 Å². The number of aryl methyl sites for hydroxylation is 1. The first-order valence-corrected chi connectivity index (χ1v) is 9.52. The molecule has 1 saturated heterocycles. The monoisotopic (exact) mass is 335 g/mol. The molecule has 3 unspecified atom stereocenters. The van der Waals surface area contributed by atoms with E-state index < -0.39 is 0 Å². The van der Waals surface area contributed by atoms with Crippen LogP contribution < -0.4 is 5.32 Å². The average Bonchev–Trinajstić information content (AvgIpc) is 2.60. The maximum Gasteiger partial charge on any atom is 0.0895 e. The van der Waals surface area contributed by atoms with Crippen LogP contribution in [0.2, 0.25) is 0 Å². The molecule has 132 valence electrons. The molecule has 1 fully saturated rings. The fourth-order valence-corrected chi connectivity index (χ4v) is 4.33. The van der Waals surface area contributed by atoms with Crippen LogP contribution in [0.3, 0.4) is 0 Å². The highest BCUT2D eigenvalue weighted by Crippen LogP contribution is 2.49. The largest absolute Gasteiger partial charge is 0.378 e. The lowest BCUT2D eigenvalue weighted by Crippen LogP contribution is -2.36. The van der Waals surface area contributed by atoms with Gasteiger partial charge < -0.3 is 10.1 Å². The molecule has 0 amide bonds. The molecule has 3 atom stereocenters. The number of rotatable bonds is 1. The molecule has 0 aromatic heterocycles. The van der Waals surface area contributed by atoms with E-state index in [4.69, 9.17) is 4.74 Å².